The lowest BCUT2D eigenvalue weighted by Gasteiger charge is -2.29. The van der Waals surface area contributed by atoms with Crippen LogP contribution in [0, 0.1) is 0 Å². The van der Waals surface area contributed by atoms with E-state index < -0.39 is 0 Å². The molecule has 0 aromatic carbocycles. The van der Waals surface area contributed by atoms with Crippen LogP contribution in [0.3, 0.4) is 0 Å². The number of hydrazine groups is 1. The van der Waals surface area contributed by atoms with E-state index in [9.17, 15) is 0 Å². The van der Waals surface area contributed by atoms with Crippen molar-refractivity contribution in [3.8, 4) is 0 Å². The first-order valence-corrected chi connectivity index (χ1v) is 7.25. The molecule has 96 valence electrons. The van der Waals surface area contributed by atoms with Crippen molar-refractivity contribution in [2.24, 2.45) is 4.99 Å². The molecule has 3 heterocycles. The molecule has 0 aliphatic carbocycles. The first kappa shape index (κ1) is 11.8. The Kier molecular flexibility index (Phi) is 3.56. The maximum atomic E-state index is 5.42. The van der Waals surface area contributed by atoms with Crippen LogP contribution in [0.1, 0.15) is 12.8 Å². The van der Waals surface area contributed by atoms with Crippen LogP contribution < -0.4 is 5.43 Å². The minimum absolute atomic E-state index is 0.150. The summed E-state index contributed by atoms with van der Waals surface area (Å²) in [5.41, 5.74) is 3.57. The van der Waals surface area contributed by atoms with Gasteiger partial charge in [-0.1, -0.05) is 11.8 Å². The number of rotatable bonds is 1. The Hall–Kier alpha value is -0.300. The van der Waals surface area contributed by atoms with Gasteiger partial charge >= 0.3 is 0 Å². The first-order chi connectivity index (χ1) is 8.36. The van der Waals surface area contributed by atoms with E-state index >= 15 is 0 Å². The van der Waals surface area contributed by atoms with Gasteiger partial charge in [0.1, 0.15) is 0 Å². The quantitative estimate of drug-likeness (QED) is 0.740. The van der Waals surface area contributed by atoms with Crippen LogP contribution >= 0.6 is 11.8 Å². The van der Waals surface area contributed by atoms with E-state index in [4.69, 9.17) is 14.5 Å². The zero-order chi connectivity index (χ0) is 11.6. The van der Waals surface area contributed by atoms with Gasteiger partial charge in [-0.15, -0.1) is 0 Å². The minimum atomic E-state index is 0.150. The molecule has 3 aliphatic rings. The van der Waals surface area contributed by atoms with Crippen LogP contribution in [0.25, 0.3) is 0 Å². The summed E-state index contributed by atoms with van der Waals surface area (Å²) in [6, 6.07) is 0. The summed E-state index contributed by atoms with van der Waals surface area (Å²) in [6.07, 6.45) is 2.13. The second kappa shape index (κ2) is 5.14. The molecule has 0 radical (unpaired) electrons. The average molecular weight is 257 g/mol. The second-order valence-corrected chi connectivity index (χ2v) is 5.72. The molecule has 0 saturated carbocycles. The molecule has 0 atom stereocenters. The predicted octanol–water partition coefficient (Wildman–Crippen LogP) is 0.475. The third kappa shape index (κ3) is 2.76. The van der Waals surface area contributed by atoms with Gasteiger partial charge in [-0.25, -0.2) is 5.01 Å². The third-order valence-corrected chi connectivity index (χ3v) is 4.64. The molecule has 0 aromatic rings. The maximum Gasteiger partial charge on any atom is 0.171 e. The predicted molar refractivity (Wildman–Crippen MR) is 68.2 cm³/mol. The lowest BCUT2D eigenvalue weighted by Crippen LogP contribution is -2.47. The van der Waals surface area contributed by atoms with E-state index in [0.29, 0.717) is 0 Å². The van der Waals surface area contributed by atoms with Crippen LogP contribution in [0.4, 0.5) is 0 Å². The van der Waals surface area contributed by atoms with Crippen molar-refractivity contribution in [3.05, 3.63) is 0 Å². The van der Waals surface area contributed by atoms with E-state index in [-0.39, 0.29) is 5.54 Å². The van der Waals surface area contributed by atoms with Gasteiger partial charge in [-0.2, -0.15) is 0 Å². The second-order valence-electron chi connectivity index (χ2n) is 4.75. The van der Waals surface area contributed by atoms with E-state index in [0.717, 1.165) is 63.3 Å². The molecule has 1 spiro atoms. The highest BCUT2D eigenvalue weighted by molar-refractivity contribution is 8.14. The zero-order valence-corrected chi connectivity index (χ0v) is 10.8. The summed E-state index contributed by atoms with van der Waals surface area (Å²) in [5.74, 6) is 1.10. The fourth-order valence-corrected chi connectivity index (χ4v) is 3.57. The molecular weight excluding hydrogens is 238 g/mol. The number of thioether (sulfide) groups is 1. The molecule has 0 bridgehead atoms. The lowest BCUT2D eigenvalue weighted by molar-refractivity contribution is 0.0251. The molecule has 2 saturated heterocycles. The van der Waals surface area contributed by atoms with Crippen molar-refractivity contribution >= 4 is 16.9 Å². The van der Waals surface area contributed by atoms with Crippen molar-refractivity contribution in [2.75, 3.05) is 45.3 Å². The van der Waals surface area contributed by atoms with Gasteiger partial charge in [-0.3, -0.25) is 10.4 Å². The van der Waals surface area contributed by atoms with Crippen molar-refractivity contribution in [2.45, 2.75) is 18.4 Å². The Morgan fingerprint density at radius 3 is 2.59 bits per heavy atom. The maximum absolute atomic E-state index is 5.42. The minimum Gasteiger partial charge on any atom is -0.381 e. The number of aliphatic imine (C=N–C) groups is 1. The van der Waals surface area contributed by atoms with Crippen LogP contribution in [0.5, 0.6) is 0 Å². The summed E-state index contributed by atoms with van der Waals surface area (Å²) in [6.45, 7) is 5.21. The first-order valence-electron chi connectivity index (χ1n) is 6.26. The number of ether oxygens (including phenoxy) is 2. The molecule has 3 aliphatic heterocycles. The molecule has 0 amide bonds. The molecular formula is C11H19N3O2S. The van der Waals surface area contributed by atoms with Crippen molar-refractivity contribution < 1.29 is 9.47 Å². The summed E-state index contributed by atoms with van der Waals surface area (Å²) in [5, 5.41) is 3.28. The SMILES string of the molecule is C1CN(NC2=NC3(CCOCC3)CS2)CCO1. The van der Waals surface area contributed by atoms with Crippen LogP contribution in [-0.2, 0) is 9.47 Å². The Morgan fingerprint density at radius 1 is 1.12 bits per heavy atom. The van der Waals surface area contributed by atoms with Crippen molar-refractivity contribution in [1.29, 1.82) is 0 Å². The van der Waals surface area contributed by atoms with Crippen molar-refractivity contribution in [1.82, 2.24) is 10.4 Å². The summed E-state index contributed by atoms with van der Waals surface area (Å²) in [7, 11) is 0. The largest absolute Gasteiger partial charge is 0.381 e. The number of morpholine rings is 1. The zero-order valence-electron chi connectivity index (χ0n) is 9.98. The van der Waals surface area contributed by atoms with E-state index in [1.54, 1.807) is 0 Å². The van der Waals surface area contributed by atoms with Crippen LogP contribution in [-0.4, -0.2) is 61.0 Å². The van der Waals surface area contributed by atoms with E-state index in [1.165, 1.54) is 0 Å². The summed E-state index contributed by atoms with van der Waals surface area (Å²) in [4.78, 5) is 4.88. The Balaban J connectivity index is 1.58. The van der Waals surface area contributed by atoms with Crippen molar-refractivity contribution in [3.63, 3.8) is 0 Å². The van der Waals surface area contributed by atoms with Crippen LogP contribution in [0.15, 0.2) is 4.99 Å². The highest BCUT2D eigenvalue weighted by Gasteiger charge is 2.37. The molecule has 5 nitrogen and oxygen atoms in total. The average Bonchev–Trinajstić information content (AvgIpc) is 2.74. The standard InChI is InChI=1S/C11H19N3O2S/c1-5-15-6-2-11(1)9-17-10(12-11)13-14-3-7-16-8-4-14/h1-9H2,(H,12,13). The summed E-state index contributed by atoms with van der Waals surface area (Å²) < 4.78 is 10.7. The Labute approximate surface area is 106 Å². The van der Waals surface area contributed by atoms with Gasteiger partial charge in [0.2, 0.25) is 0 Å². The van der Waals surface area contributed by atoms with Crippen LogP contribution in [0.2, 0.25) is 0 Å². The Bertz CT molecular complexity index is 299. The lowest BCUT2D eigenvalue weighted by atomic mass is 9.93. The monoisotopic (exact) mass is 257 g/mol. The van der Waals surface area contributed by atoms with Gasteiger partial charge < -0.3 is 9.47 Å². The third-order valence-electron chi connectivity index (χ3n) is 3.50. The number of nitrogens with zero attached hydrogens (tertiary/aromatic N) is 2. The van der Waals surface area contributed by atoms with Gasteiger partial charge in [0, 0.05) is 32.1 Å². The number of hydrogen-bond donors (Lipinski definition) is 1. The molecule has 0 aromatic heterocycles. The van der Waals surface area contributed by atoms with Gasteiger partial charge in [0.15, 0.2) is 5.17 Å². The normalized spacial score (nSPS) is 29.3. The Morgan fingerprint density at radius 2 is 1.82 bits per heavy atom. The van der Waals surface area contributed by atoms with Gasteiger partial charge in [0.05, 0.1) is 18.8 Å². The molecule has 6 heteroatoms. The molecule has 0 unspecified atom stereocenters. The van der Waals surface area contributed by atoms with E-state index in [2.05, 4.69) is 10.4 Å². The highest BCUT2D eigenvalue weighted by Crippen LogP contribution is 2.35. The number of hydrogen-bond acceptors (Lipinski definition) is 6. The molecule has 2 fully saturated rings. The smallest absolute Gasteiger partial charge is 0.171 e. The summed E-state index contributed by atoms with van der Waals surface area (Å²) >= 11 is 1.84. The molecule has 17 heavy (non-hydrogen) atoms. The van der Waals surface area contributed by atoms with Gasteiger partial charge in [0.25, 0.3) is 0 Å². The molecule has 1 N–H and O–H groups in total. The fourth-order valence-electron chi connectivity index (χ4n) is 2.36. The molecule has 3 rings (SSSR count). The van der Waals surface area contributed by atoms with Gasteiger partial charge in [-0.05, 0) is 12.8 Å². The number of nitrogens with one attached hydrogen (secondary N) is 1. The van der Waals surface area contributed by atoms with E-state index in [1.807, 2.05) is 11.8 Å². The number of amidine groups is 1. The highest BCUT2D eigenvalue weighted by atomic mass is 32.2. The topological polar surface area (TPSA) is 46.1 Å². The fraction of sp³-hybridized carbons (Fsp3) is 0.909.